The van der Waals surface area contributed by atoms with Gasteiger partial charge >= 0.3 is 0 Å². The van der Waals surface area contributed by atoms with Crippen molar-refractivity contribution in [2.45, 2.75) is 6.10 Å². The van der Waals surface area contributed by atoms with E-state index >= 15 is 0 Å². The molecule has 0 aliphatic heterocycles. The molecule has 0 spiro atoms. The number of rotatable bonds is 4. The number of hydrogen-bond donors (Lipinski definition) is 1. The van der Waals surface area contributed by atoms with Gasteiger partial charge in [0.15, 0.2) is 5.82 Å². The van der Waals surface area contributed by atoms with Gasteiger partial charge in [0.2, 0.25) is 5.65 Å². The predicted octanol–water partition coefficient (Wildman–Crippen LogP) is 1.43. The van der Waals surface area contributed by atoms with E-state index in [-0.39, 0.29) is 5.82 Å². The average Bonchev–Trinajstić information content (AvgIpc) is 2.96. The van der Waals surface area contributed by atoms with E-state index < -0.39 is 6.10 Å². The van der Waals surface area contributed by atoms with E-state index in [0.29, 0.717) is 23.6 Å². The van der Waals surface area contributed by atoms with Crippen LogP contribution >= 0.6 is 0 Å². The highest BCUT2D eigenvalue weighted by Crippen LogP contribution is 2.19. The first-order valence-electron chi connectivity index (χ1n) is 6.44. The summed E-state index contributed by atoms with van der Waals surface area (Å²) in [7, 11) is 1.81. The van der Waals surface area contributed by atoms with Crippen molar-refractivity contribution >= 4 is 11.5 Å². The molecule has 0 amide bonds. The van der Waals surface area contributed by atoms with Gasteiger partial charge in [0, 0.05) is 26.0 Å². The first-order chi connectivity index (χ1) is 10.1. The number of likely N-dealkylation sites (N-methyl/N-ethyl adjacent to an activating group) is 1. The zero-order valence-electron chi connectivity index (χ0n) is 11.4. The largest absolute Gasteiger partial charge is 0.387 e. The topological polar surface area (TPSA) is 66.5 Å². The van der Waals surface area contributed by atoms with E-state index in [1.165, 1.54) is 12.1 Å². The Hall–Kier alpha value is -2.54. The highest BCUT2D eigenvalue weighted by molar-refractivity contribution is 5.62. The van der Waals surface area contributed by atoms with Crippen LogP contribution in [0.4, 0.5) is 10.2 Å². The molecule has 2 heterocycles. The van der Waals surface area contributed by atoms with Crippen LogP contribution < -0.4 is 4.90 Å². The van der Waals surface area contributed by atoms with Gasteiger partial charge in [0.1, 0.15) is 12.1 Å². The van der Waals surface area contributed by atoms with Gasteiger partial charge < -0.3 is 10.0 Å². The third-order valence-corrected chi connectivity index (χ3v) is 3.26. The maximum Gasteiger partial charge on any atom is 0.203 e. The van der Waals surface area contributed by atoms with Crippen LogP contribution in [0.3, 0.4) is 0 Å². The van der Waals surface area contributed by atoms with Crippen LogP contribution in [0.5, 0.6) is 0 Å². The van der Waals surface area contributed by atoms with E-state index in [4.69, 9.17) is 0 Å². The predicted molar refractivity (Wildman–Crippen MR) is 75.4 cm³/mol. The van der Waals surface area contributed by atoms with Crippen LogP contribution in [0.2, 0.25) is 0 Å². The summed E-state index contributed by atoms with van der Waals surface area (Å²) >= 11 is 0. The van der Waals surface area contributed by atoms with Crippen LogP contribution in [0, 0.1) is 5.82 Å². The molecule has 0 bridgehead atoms. The lowest BCUT2D eigenvalue weighted by atomic mass is 10.1. The van der Waals surface area contributed by atoms with Crippen molar-refractivity contribution in [2.75, 3.05) is 18.5 Å². The summed E-state index contributed by atoms with van der Waals surface area (Å²) in [6.07, 6.45) is 4.24. The van der Waals surface area contributed by atoms with Crippen LogP contribution in [0.1, 0.15) is 11.7 Å². The lowest BCUT2D eigenvalue weighted by molar-refractivity contribution is 0.184. The minimum atomic E-state index is -0.749. The van der Waals surface area contributed by atoms with E-state index in [2.05, 4.69) is 15.2 Å². The molecule has 1 N–H and O–H groups in total. The number of benzene rings is 1. The first-order valence-corrected chi connectivity index (χ1v) is 6.44. The van der Waals surface area contributed by atoms with Gasteiger partial charge in [-0.05, 0) is 17.7 Å². The molecule has 1 atom stereocenters. The van der Waals surface area contributed by atoms with Crippen molar-refractivity contribution in [2.24, 2.45) is 0 Å². The fourth-order valence-electron chi connectivity index (χ4n) is 2.15. The molecule has 3 aromatic rings. The molecule has 21 heavy (non-hydrogen) atoms. The summed E-state index contributed by atoms with van der Waals surface area (Å²) in [4.78, 5) is 6.06. The summed E-state index contributed by atoms with van der Waals surface area (Å²) < 4.78 is 14.6. The van der Waals surface area contributed by atoms with Crippen LogP contribution in [0.15, 0.2) is 43.0 Å². The highest BCUT2D eigenvalue weighted by atomic mass is 19.1. The standard InChI is InChI=1S/C14H14FN5O/c1-19(8-12(21)10-2-4-11(15)5-3-10)13-14-18-17-9-20(14)7-6-16-13/h2-7,9,12,21H,8H2,1H3. The Bertz CT molecular complexity index is 742. The Morgan fingerprint density at radius 2 is 2.10 bits per heavy atom. The number of fused-ring (bicyclic) bond motifs is 1. The van der Waals surface area contributed by atoms with E-state index in [1.54, 1.807) is 40.2 Å². The van der Waals surface area contributed by atoms with Gasteiger partial charge in [-0.2, -0.15) is 0 Å². The zero-order valence-corrected chi connectivity index (χ0v) is 11.4. The maximum absolute atomic E-state index is 12.9. The third kappa shape index (κ3) is 2.68. The second kappa shape index (κ2) is 5.45. The van der Waals surface area contributed by atoms with Crippen molar-refractivity contribution in [3.63, 3.8) is 0 Å². The molecule has 7 heteroatoms. The Kier molecular flexibility index (Phi) is 3.49. The lowest BCUT2D eigenvalue weighted by Crippen LogP contribution is -2.25. The van der Waals surface area contributed by atoms with E-state index in [1.807, 2.05) is 7.05 Å². The molecule has 1 unspecified atom stereocenters. The maximum atomic E-state index is 12.9. The summed E-state index contributed by atoms with van der Waals surface area (Å²) in [6.45, 7) is 0.311. The van der Waals surface area contributed by atoms with Gasteiger partial charge in [-0.1, -0.05) is 12.1 Å². The molecule has 0 saturated heterocycles. The average molecular weight is 287 g/mol. The molecular formula is C14H14FN5O. The molecule has 6 nitrogen and oxygen atoms in total. The van der Waals surface area contributed by atoms with Gasteiger partial charge in [-0.25, -0.2) is 9.37 Å². The van der Waals surface area contributed by atoms with Crippen molar-refractivity contribution < 1.29 is 9.50 Å². The molecule has 2 aromatic heterocycles. The molecule has 0 aliphatic carbocycles. The molecule has 0 aliphatic rings. The number of hydrogen-bond acceptors (Lipinski definition) is 5. The Morgan fingerprint density at radius 1 is 1.33 bits per heavy atom. The minimum absolute atomic E-state index is 0.311. The third-order valence-electron chi connectivity index (χ3n) is 3.26. The molecule has 0 radical (unpaired) electrons. The van der Waals surface area contributed by atoms with Crippen molar-refractivity contribution in [1.29, 1.82) is 0 Å². The normalized spacial score (nSPS) is 12.5. The van der Waals surface area contributed by atoms with Crippen molar-refractivity contribution in [3.05, 3.63) is 54.4 Å². The monoisotopic (exact) mass is 287 g/mol. The molecule has 0 fully saturated rings. The summed E-state index contributed by atoms with van der Waals surface area (Å²) in [5, 5.41) is 18.1. The van der Waals surface area contributed by atoms with Crippen molar-refractivity contribution in [3.8, 4) is 0 Å². The number of anilines is 1. The highest BCUT2D eigenvalue weighted by Gasteiger charge is 2.15. The fourth-order valence-corrected chi connectivity index (χ4v) is 2.15. The van der Waals surface area contributed by atoms with Crippen molar-refractivity contribution in [1.82, 2.24) is 19.6 Å². The van der Waals surface area contributed by atoms with E-state index in [0.717, 1.165) is 0 Å². The number of halogens is 1. The number of aromatic nitrogens is 4. The molecule has 108 valence electrons. The summed E-state index contributed by atoms with van der Waals surface area (Å²) in [5.41, 5.74) is 1.27. The molecule has 3 rings (SSSR count). The number of aliphatic hydroxyl groups is 1. The van der Waals surface area contributed by atoms with Gasteiger partial charge in [0.05, 0.1) is 6.10 Å². The Balaban J connectivity index is 1.81. The SMILES string of the molecule is CN(CC(O)c1ccc(F)cc1)c1nccn2cnnc12. The quantitative estimate of drug-likeness (QED) is 0.786. The summed E-state index contributed by atoms with van der Waals surface area (Å²) in [6, 6.07) is 5.80. The van der Waals surface area contributed by atoms with Gasteiger partial charge in [-0.15, -0.1) is 10.2 Å². The number of nitrogens with zero attached hydrogens (tertiary/aromatic N) is 5. The van der Waals surface area contributed by atoms with Crippen LogP contribution in [-0.2, 0) is 0 Å². The first kappa shape index (κ1) is 13.4. The van der Waals surface area contributed by atoms with Gasteiger partial charge in [-0.3, -0.25) is 4.40 Å². The van der Waals surface area contributed by atoms with E-state index in [9.17, 15) is 9.50 Å². The lowest BCUT2D eigenvalue weighted by Gasteiger charge is -2.22. The summed E-state index contributed by atoms with van der Waals surface area (Å²) in [5.74, 6) is 0.297. The number of aliphatic hydroxyl groups excluding tert-OH is 1. The molecule has 0 saturated carbocycles. The zero-order chi connectivity index (χ0) is 14.8. The smallest absolute Gasteiger partial charge is 0.203 e. The minimum Gasteiger partial charge on any atom is -0.387 e. The second-order valence-corrected chi connectivity index (χ2v) is 4.76. The molecule has 1 aromatic carbocycles. The fraction of sp³-hybridized carbons (Fsp3) is 0.214. The van der Waals surface area contributed by atoms with Crippen LogP contribution in [-0.4, -0.2) is 38.3 Å². The Labute approximate surface area is 120 Å². The second-order valence-electron chi connectivity index (χ2n) is 4.76. The molecular weight excluding hydrogens is 273 g/mol. The van der Waals surface area contributed by atoms with Crippen LogP contribution in [0.25, 0.3) is 5.65 Å². The van der Waals surface area contributed by atoms with Gasteiger partial charge in [0.25, 0.3) is 0 Å². The Morgan fingerprint density at radius 3 is 2.86 bits per heavy atom.